The van der Waals surface area contributed by atoms with Gasteiger partial charge < -0.3 is 4.42 Å². The molecule has 0 radical (unpaired) electrons. The van der Waals surface area contributed by atoms with Crippen LogP contribution in [0.15, 0.2) is 33.5 Å². The zero-order valence-electron chi connectivity index (χ0n) is 8.06. The predicted octanol–water partition coefficient (Wildman–Crippen LogP) is 2.45. The monoisotopic (exact) mass is 221 g/mol. The van der Waals surface area contributed by atoms with Crippen molar-refractivity contribution in [3.8, 4) is 0 Å². The van der Waals surface area contributed by atoms with Gasteiger partial charge in [0.25, 0.3) is 0 Å². The molecular weight excluding hydrogens is 210 g/mol. The van der Waals surface area contributed by atoms with Crippen LogP contribution in [0.3, 0.4) is 0 Å². The van der Waals surface area contributed by atoms with Crippen LogP contribution in [0.5, 0.6) is 0 Å². The van der Waals surface area contributed by atoms with Crippen LogP contribution in [0.2, 0.25) is 0 Å². The Balaban J connectivity index is 2.34. The Morgan fingerprint density at radius 3 is 3.13 bits per heavy atom. The van der Waals surface area contributed by atoms with Crippen LogP contribution in [0.25, 0.3) is 17.2 Å². The molecule has 0 saturated carbocycles. The molecule has 0 aliphatic carbocycles. The lowest BCUT2D eigenvalue weighted by molar-refractivity contribution is 0.555. The Labute approximate surface area is 92.2 Å². The first-order chi connectivity index (χ1) is 7.29. The minimum atomic E-state index is -0.415. The molecule has 4 heteroatoms. The number of aromatic amines is 1. The second kappa shape index (κ2) is 4.40. The van der Waals surface area contributed by atoms with Gasteiger partial charge in [-0.15, -0.1) is 0 Å². The van der Waals surface area contributed by atoms with E-state index in [-0.39, 0.29) is 0 Å². The minimum Gasteiger partial charge on any atom is -0.408 e. The Morgan fingerprint density at radius 1 is 1.47 bits per heavy atom. The topological polar surface area (TPSA) is 46.0 Å². The fourth-order valence-electron chi connectivity index (χ4n) is 1.36. The number of H-pyrrole nitrogens is 1. The number of hydrogen-bond acceptors (Lipinski definition) is 3. The number of rotatable bonds is 3. The van der Waals surface area contributed by atoms with Gasteiger partial charge in [-0.1, -0.05) is 18.2 Å². The number of benzene rings is 1. The van der Waals surface area contributed by atoms with Crippen LogP contribution in [0, 0.1) is 0 Å². The summed E-state index contributed by atoms with van der Waals surface area (Å²) in [6, 6.07) is 5.60. The van der Waals surface area contributed by atoms with E-state index in [0.29, 0.717) is 5.58 Å². The van der Waals surface area contributed by atoms with E-state index in [9.17, 15) is 4.79 Å². The number of fused-ring (bicyclic) bond motifs is 1. The van der Waals surface area contributed by atoms with Gasteiger partial charge in [0.1, 0.15) is 0 Å². The number of hydrogen-bond donors (Lipinski definition) is 2. The van der Waals surface area contributed by atoms with Crippen molar-refractivity contribution in [1.82, 2.24) is 4.98 Å². The average Bonchev–Trinajstić information content (AvgIpc) is 2.57. The molecule has 15 heavy (non-hydrogen) atoms. The highest BCUT2D eigenvalue weighted by atomic mass is 32.1. The normalized spacial score (nSPS) is 11.5. The van der Waals surface area contributed by atoms with Crippen molar-refractivity contribution in [2.45, 2.75) is 6.42 Å². The highest BCUT2D eigenvalue weighted by Crippen LogP contribution is 2.13. The standard InChI is InChI=1S/C11H11NO2S/c13-11-12-9-5-4-8(3-1-2-6-15)7-10(9)14-11/h1,3-5,7,15H,2,6H2,(H,12,13). The zero-order chi connectivity index (χ0) is 10.7. The third-order valence-electron chi connectivity index (χ3n) is 2.05. The van der Waals surface area contributed by atoms with E-state index in [1.807, 2.05) is 30.4 Å². The molecule has 78 valence electrons. The van der Waals surface area contributed by atoms with Gasteiger partial charge in [-0.3, -0.25) is 4.98 Å². The molecule has 2 rings (SSSR count). The quantitative estimate of drug-likeness (QED) is 0.782. The van der Waals surface area contributed by atoms with E-state index in [1.165, 1.54) is 0 Å². The maximum Gasteiger partial charge on any atom is 0.417 e. The molecule has 0 fully saturated rings. The molecule has 0 spiro atoms. The molecule has 1 aromatic heterocycles. The lowest BCUT2D eigenvalue weighted by Gasteiger charge is -1.92. The summed E-state index contributed by atoms with van der Waals surface area (Å²) in [6.45, 7) is 0. The van der Waals surface area contributed by atoms with Crippen molar-refractivity contribution in [3.05, 3.63) is 40.4 Å². The summed E-state index contributed by atoms with van der Waals surface area (Å²) in [5, 5.41) is 0. The number of aromatic nitrogens is 1. The maximum absolute atomic E-state index is 10.9. The molecule has 1 heterocycles. The summed E-state index contributed by atoms with van der Waals surface area (Å²) in [7, 11) is 0. The first-order valence-corrected chi connectivity index (χ1v) is 5.33. The largest absolute Gasteiger partial charge is 0.417 e. The van der Waals surface area contributed by atoms with E-state index in [2.05, 4.69) is 17.6 Å². The average molecular weight is 221 g/mol. The maximum atomic E-state index is 10.9. The molecule has 1 aromatic carbocycles. The van der Waals surface area contributed by atoms with E-state index in [4.69, 9.17) is 4.42 Å². The van der Waals surface area contributed by atoms with Gasteiger partial charge in [0.05, 0.1) is 5.52 Å². The summed E-state index contributed by atoms with van der Waals surface area (Å²) < 4.78 is 4.95. The van der Waals surface area contributed by atoms with Gasteiger partial charge in [-0.25, -0.2) is 4.79 Å². The number of nitrogens with one attached hydrogen (secondary N) is 1. The summed E-state index contributed by atoms with van der Waals surface area (Å²) in [4.78, 5) is 13.5. The molecule has 0 bridgehead atoms. The molecule has 1 N–H and O–H groups in total. The Hall–Kier alpha value is -1.42. The zero-order valence-corrected chi connectivity index (χ0v) is 8.96. The van der Waals surface area contributed by atoms with Gasteiger partial charge in [0.2, 0.25) is 0 Å². The van der Waals surface area contributed by atoms with E-state index < -0.39 is 5.76 Å². The van der Waals surface area contributed by atoms with Crippen LogP contribution in [-0.4, -0.2) is 10.7 Å². The van der Waals surface area contributed by atoms with Gasteiger partial charge in [-0.05, 0) is 29.9 Å². The first kappa shape index (κ1) is 10.1. The summed E-state index contributed by atoms with van der Waals surface area (Å²) in [5.41, 5.74) is 2.34. The second-order valence-corrected chi connectivity index (χ2v) is 3.63. The van der Waals surface area contributed by atoms with Crippen LogP contribution < -0.4 is 5.76 Å². The van der Waals surface area contributed by atoms with Crippen molar-refractivity contribution in [2.24, 2.45) is 0 Å². The number of thiol groups is 1. The highest BCUT2D eigenvalue weighted by Gasteiger charge is 1.99. The van der Waals surface area contributed by atoms with Gasteiger partial charge in [0.15, 0.2) is 5.58 Å². The van der Waals surface area contributed by atoms with Gasteiger partial charge >= 0.3 is 5.76 Å². The SMILES string of the molecule is O=c1[nH]c2ccc(C=CCCS)cc2o1. The molecule has 0 aliphatic heterocycles. The van der Waals surface area contributed by atoms with Crippen LogP contribution in [-0.2, 0) is 0 Å². The Morgan fingerprint density at radius 2 is 2.33 bits per heavy atom. The summed E-state index contributed by atoms with van der Waals surface area (Å²) in [6.07, 6.45) is 4.96. The van der Waals surface area contributed by atoms with Crippen molar-refractivity contribution in [2.75, 3.05) is 5.75 Å². The smallest absolute Gasteiger partial charge is 0.408 e. The van der Waals surface area contributed by atoms with E-state index in [1.54, 1.807) is 0 Å². The second-order valence-electron chi connectivity index (χ2n) is 3.18. The molecule has 0 unspecified atom stereocenters. The lowest BCUT2D eigenvalue weighted by Crippen LogP contribution is -1.92. The van der Waals surface area contributed by atoms with Crippen molar-refractivity contribution >= 4 is 29.8 Å². The fraction of sp³-hybridized carbons (Fsp3) is 0.182. The predicted molar refractivity (Wildman–Crippen MR) is 64.3 cm³/mol. The number of oxazole rings is 1. The van der Waals surface area contributed by atoms with E-state index in [0.717, 1.165) is 23.3 Å². The fourth-order valence-corrected chi connectivity index (χ4v) is 1.51. The third kappa shape index (κ3) is 2.33. The minimum absolute atomic E-state index is 0.415. The van der Waals surface area contributed by atoms with E-state index >= 15 is 0 Å². The van der Waals surface area contributed by atoms with Crippen LogP contribution in [0.4, 0.5) is 0 Å². The van der Waals surface area contributed by atoms with Crippen molar-refractivity contribution in [3.63, 3.8) is 0 Å². The first-order valence-electron chi connectivity index (χ1n) is 4.70. The molecular formula is C11H11NO2S. The molecule has 3 nitrogen and oxygen atoms in total. The van der Waals surface area contributed by atoms with Crippen LogP contribution in [0.1, 0.15) is 12.0 Å². The Kier molecular flexibility index (Phi) is 2.97. The molecule has 2 aromatic rings. The van der Waals surface area contributed by atoms with Gasteiger partial charge in [-0.2, -0.15) is 12.6 Å². The van der Waals surface area contributed by atoms with Crippen molar-refractivity contribution < 1.29 is 4.42 Å². The van der Waals surface area contributed by atoms with Crippen molar-refractivity contribution in [1.29, 1.82) is 0 Å². The highest BCUT2D eigenvalue weighted by molar-refractivity contribution is 7.80. The molecule has 0 saturated heterocycles. The molecule has 0 amide bonds. The molecule has 0 atom stereocenters. The lowest BCUT2D eigenvalue weighted by atomic mass is 10.2. The summed E-state index contributed by atoms with van der Waals surface area (Å²) in [5.74, 6) is 0.416. The summed E-state index contributed by atoms with van der Waals surface area (Å²) >= 11 is 4.11. The number of allylic oxidation sites excluding steroid dienone is 1. The Bertz CT molecular complexity index is 539. The van der Waals surface area contributed by atoms with Crippen LogP contribution >= 0.6 is 12.6 Å². The molecule has 0 aliphatic rings. The third-order valence-corrected chi connectivity index (χ3v) is 2.31. The van der Waals surface area contributed by atoms with Gasteiger partial charge in [0, 0.05) is 0 Å².